The van der Waals surface area contributed by atoms with Crippen molar-refractivity contribution >= 4 is 23.0 Å². The summed E-state index contributed by atoms with van der Waals surface area (Å²) in [5, 5.41) is 6.95. The van der Waals surface area contributed by atoms with Crippen molar-refractivity contribution in [2.24, 2.45) is 16.3 Å². The van der Waals surface area contributed by atoms with Gasteiger partial charge >= 0.3 is 6.18 Å². The Labute approximate surface area is 200 Å². The molecular formula is C24H27F5N6. The van der Waals surface area contributed by atoms with Crippen LogP contribution in [0.3, 0.4) is 0 Å². The average Bonchev–Trinajstić information content (AvgIpc) is 3.28. The molecule has 3 aromatic rings. The van der Waals surface area contributed by atoms with E-state index in [2.05, 4.69) is 25.4 Å². The van der Waals surface area contributed by atoms with Crippen molar-refractivity contribution < 1.29 is 23.4 Å². The number of anilines is 1. The highest BCUT2D eigenvalue weighted by molar-refractivity contribution is 6.00. The number of aliphatic imine (C=N–C) groups is 1. The molecule has 1 unspecified atom stereocenters. The lowest BCUT2D eigenvalue weighted by atomic mass is 9.60. The van der Waals surface area contributed by atoms with Gasteiger partial charge in [0.2, 0.25) is 11.9 Å². The summed E-state index contributed by atoms with van der Waals surface area (Å²) < 4.78 is 68.3. The molecular weight excluding hydrogens is 467 g/mol. The molecule has 6 nitrogen and oxygen atoms in total. The number of fused-ring (bicyclic) bond motifs is 2. The Kier molecular flexibility index (Phi) is 5.02. The molecule has 3 aromatic heterocycles. The van der Waals surface area contributed by atoms with Gasteiger partial charge in [0, 0.05) is 61.0 Å². The van der Waals surface area contributed by atoms with Gasteiger partial charge < -0.3 is 5.32 Å². The number of alkyl halides is 5. The number of hydrogen-bond acceptors (Lipinski definition) is 5. The smallest absolute Gasteiger partial charge is 0.352 e. The van der Waals surface area contributed by atoms with Crippen molar-refractivity contribution in [2.75, 3.05) is 11.9 Å². The Balaban J connectivity index is 0.00000304. The van der Waals surface area contributed by atoms with Gasteiger partial charge in [-0.3, -0.25) is 0 Å². The lowest BCUT2D eigenvalue weighted by molar-refractivity contribution is -0.206. The molecule has 0 aromatic carbocycles. The number of pyridine rings is 1. The van der Waals surface area contributed by atoms with Crippen LogP contribution in [-0.4, -0.2) is 43.9 Å². The normalized spacial score (nSPS) is 22.1. The van der Waals surface area contributed by atoms with Gasteiger partial charge in [-0.2, -0.15) is 13.2 Å². The molecule has 1 aliphatic heterocycles. The van der Waals surface area contributed by atoms with E-state index in [1.54, 1.807) is 12.4 Å². The fourth-order valence-electron chi connectivity index (χ4n) is 4.76. The van der Waals surface area contributed by atoms with E-state index < -0.39 is 22.9 Å². The maximum Gasteiger partial charge on any atom is 0.395 e. The van der Waals surface area contributed by atoms with Crippen LogP contribution in [-0.2, 0) is 5.41 Å². The van der Waals surface area contributed by atoms with Gasteiger partial charge in [-0.05, 0) is 45.7 Å². The first kappa shape index (κ1) is 23.6. The molecule has 2 aliphatic rings. The van der Waals surface area contributed by atoms with Gasteiger partial charge in [-0.15, -0.1) is 5.10 Å². The van der Waals surface area contributed by atoms with Crippen molar-refractivity contribution in [3.8, 4) is 11.1 Å². The van der Waals surface area contributed by atoms with Crippen LogP contribution in [0, 0.1) is 11.3 Å². The maximum absolute atomic E-state index is 13.7. The largest absolute Gasteiger partial charge is 0.395 e. The van der Waals surface area contributed by atoms with E-state index in [4.69, 9.17) is 0 Å². The number of nitrogens with one attached hydrogen (secondary N) is 1. The molecule has 5 rings (SSSR count). The van der Waals surface area contributed by atoms with Gasteiger partial charge in [0.1, 0.15) is 0 Å². The minimum Gasteiger partial charge on any atom is -0.352 e. The second kappa shape index (κ2) is 7.44. The molecule has 1 aliphatic carbocycles. The molecule has 0 spiro atoms. The predicted octanol–water partition coefficient (Wildman–Crippen LogP) is 6.45. The molecule has 188 valence electrons. The maximum atomic E-state index is 13.7. The Morgan fingerprint density at radius 1 is 1.17 bits per heavy atom. The standard InChI is InChI=1S/C24H25F5N6.H2/c1-13-22(4,15-8-23(25,26)9-15)17-7-14(10-30-19(17)33-13)16-5-6-35-18(16)11-31-20(34-35)32-12-21(2,3)24(27,28)29;/h5-7,10-11,15H,8-9,12H2,1-4H3,(H,32,34);1H. The van der Waals surface area contributed by atoms with Crippen molar-refractivity contribution in [2.45, 2.75) is 58.1 Å². The predicted molar refractivity (Wildman–Crippen MR) is 124 cm³/mol. The second-order valence-corrected chi connectivity index (χ2v) is 10.3. The van der Waals surface area contributed by atoms with Gasteiger partial charge in [-0.1, -0.05) is 0 Å². The highest BCUT2D eigenvalue weighted by Gasteiger charge is 2.56. The minimum absolute atomic E-state index is 0. The fraction of sp³-hybridized carbons (Fsp3) is 0.500. The summed E-state index contributed by atoms with van der Waals surface area (Å²) in [6.07, 6.45) is 0.175. The molecule has 1 atom stereocenters. The molecule has 0 amide bonds. The van der Waals surface area contributed by atoms with E-state index in [1.807, 2.05) is 26.0 Å². The summed E-state index contributed by atoms with van der Waals surface area (Å²) in [6.45, 7) is 5.65. The highest BCUT2D eigenvalue weighted by Crippen LogP contribution is 2.56. The van der Waals surface area contributed by atoms with Crippen LogP contribution in [0.1, 0.15) is 47.5 Å². The lowest BCUT2D eigenvalue weighted by Gasteiger charge is -2.45. The topological polar surface area (TPSA) is 67.5 Å². The quantitative estimate of drug-likeness (QED) is 0.414. The van der Waals surface area contributed by atoms with E-state index in [1.165, 1.54) is 10.7 Å². The third-order valence-corrected chi connectivity index (χ3v) is 7.54. The molecule has 0 saturated heterocycles. The van der Waals surface area contributed by atoms with E-state index in [-0.39, 0.29) is 32.7 Å². The highest BCUT2D eigenvalue weighted by atomic mass is 19.4. The van der Waals surface area contributed by atoms with E-state index in [0.29, 0.717) is 11.3 Å². The Morgan fingerprint density at radius 3 is 2.54 bits per heavy atom. The molecule has 1 N–H and O–H groups in total. The van der Waals surface area contributed by atoms with Crippen molar-refractivity contribution in [1.82, 2.24) is 19.6 Å². The summed E-state index contributed by atoms with van der Waals surface area (Å²) in [5.41, 5.74) is 1.21. The zero-order chi connectivity index (χ0) is 25.4. The summed E-state index contributed by atoms with van der Waals surface area (Å²) in [7, 11) is 0. The zero-order valence-corrected chi connectivity index (χ0v) is 19.7. The zero-order valence-electron chi connectivity index (χ0n) is 19.7. The number of nitrogens with zero attached hydrogens (tertiary/aromatic N) is 5. The molecule has 1 fully saturated rings. The summed E-state index contributed by atoms with van der Waals surface area (Å²) >= 11 is 0. The first-order valence-corrected chi connectivity index (χ1v) is 11.3. The Morgan fingerprint density at radius 2 is 1.89 bits per heavy atom. The van der Waals surface area contributed by atoms with E-state index in [0.717, 1.165) is 36.2 Å². The Bertz CT molecular complexity index is 1340. The van der Waals surface area contributed by atoms with Crippen LogP contribution in [0.4, 0.5) is 33.7 Å². The molecule has 35 heavy (non-hydrogen) atoms. The van der Waals surface area contributed by atoms with Crippen molar-refractivity contribution in [3.63, 3.8) is 0 Å². The van der Waals surface area contributed by atoms with Gasteiger partial charge in [0.25, 0.3) is 0 Å². The number of aromatic nitrogens is 4. The molecule has 1 saturated carbocycles. The summed E-state index contributed by atoms with van der Waals surface area (Å²) in [6, 6.07) is 3.75. The average molecular weight is 495 g/mol. The van der Waals surface area contributed by atoms with Crippen molar-refractivity contribution in [3.05, 3.63) is 36.3 Å². The van der Waals surface area contributed by atoms with Gasteiger partial charge in [0.15, 0.2) is 5.82 Å². The third-order valence-electron chi connectivity index (χ3n) is 7.54. The van der Waals surface area contributed by atoms with E-state index in [9.17, 15) is 22.0 Å². The van der Waals surface area contributed by atoms with Crippen LogP contribution in [0.5, 0.6) is 0 Å². The van der Waals surface area contributed by atoms with Crippen LogP contribution < -0.4 is 5.32 Å². The SMILES string of the molecule is CC1=Nc2ncc(-c3ccn4nc(NCC(C)(C)C(F)(F)F)ncc34)cc2C1(C)C1CC(F)(F)C1.[HH]. The monoisotopic (exact) mass is 494 g/mol. The second-order valence-electron chi connectivity index (χ2n) is 10.3. The molecule has 4 heterocycles. The minimum atomic E-state index is -4.36. The Hall–Kier alpha value is -3.11. The summed E-state index contributed by atoms with van der Waals surface area (Å²) in [5.74, 6) is -2.24. The fourth-order valence-corrected chi connectivity index (χ4v) is 4.76. The van der Waals surface area contributed by atoms with Crippen LogP contribution in [0.2, 0.25) is 0 Å². The number of hydrogen-bond donors (Lipinski definition) is 1. The van der Waals surface area contributed by atoms with E-state index >= 15 is 0 Å². The van der Waals surface area contributed by atoms with Crippen LogP contribution in [0.15, 0.2) is 35.7 Å². The lowest BCUT2D eigenvalue weighted by Crippen LogP contribution is -2.49. The van der Waals surface area contributed by atoms with Crippen LogP contribution >= 0.6 is 0 Å². The van der Waals surface area contributed by atoms with Crippen LogP contribution in [0.25, 0.3) is 16.6 Å². The molecule has 0 bridgehead atoms. The van der Waals surface area contributed by atoms with Crippen molar-refractivity contribution in [1.29, 1.82) is 0 Å². The molecule has 11 heteroatoms. The van der Waals surface area contributed by atoms with Gasteiger partial charge in [0.05, 0.1) is 17.1 Å². The molecule has 0 radical (unpaired) electrons. The number of halogens is 5. The first-order valence-electron chi connectivity index (χ1n) is 11.3. The third kappa shape index (κ3) is 3.75. The summed E-state index contributed by atoms with van der Waals surface area (Å²) in [4.78, 5) is 13.2. The first-order chi connectivity index (χ1) is 16.2. The number of rotatable bonds is 5. The van der Waals surface area contributed by atoms with Gasteiger partial charge in [-0.25, -0.2) is 28.3 Å².